The fourth-order valence-electron chi connectivity index (χ4n) is 2.73. The summed E-state index contributed by atoms with van der Waals surface area (Å²) in [5, 5.41) is -0.804. The van der Waals surface area contributed by atoms with Crippen molar-refractivity contribution >= 4 is 25.6 Å². The van der Waals surface area contributed by atoms with Crippen LogP contribution in [0.3, 0.4) is 0 Å². The lowest BCUT2D eigenvalue weighted by atomic mass is 9.95. The zero-order valence-electron chi connectivity index (χ0n) is 11.5. The van der Waals surface area contributed by atoms with Crippen LogP contribution in [0.1, 0.15) is 31.9 Å². The lowest BCUT2D eigenvalue weighted by Crippen LogP contribution is -2.34. The molecule has 4 nitrogen and oxygen atoms in total. The summed E-state index contributed by atoms with van der Waals surface area (Å²) < 4.78 is 22.9. The lowest BCUT2D eigenvalue weighted by molar-refractivity contribution is -0.130. The highest BCUT2D eigenvalue weighted by Crippen LogP contribution is 2.34. The first-order chi connectivity index (χ1) is 9.30. The molecule has 0 N–H and O–H groups in total. The first-order valence-electron chi connectivity index (χ1n) is 6.58. The number of carbonyl (C=O) groups is 1. The molecule has 1 fully saturated rings. The van der Waals surface area contributed by atoms with E-state index in [0.29, 0.717) is 0 Å². The Morgan fingerprint density at radius 2 is 1.85 bits per heavy atom. The molecule has 1 aliphatic heterocycles. The fourth-order valence-corrected chi connectivity index (χ4v) is 3.77. The molecule has 1 aromatic carbocycles. The van der Waals surface area contributed by atoms with Gasteiger partial charge in [-0.1, -0.05) is 44.2 Å². The Morgan fingerprint density at radius 3 is 2.30 bits per heavy atom. The molecule has 0 saturated carbocycles. The molecule has 110 valence electrons. The fraction of sp³-hybridized carbons (Fsp3) is 0.500. The highest BCUT2D eigenvalue weighted by molar-refractivity contribution is 8.14. The molecule has 1 aliphatic rings. The van der Waals surface area contributed by atoms with Crippen molar-refractivity contribution in [2.75, 3.05) is 6.54 Å². The van der Waals surface area contributed by atoms with Crippen molar-refractivity contribution < 1.29 is 13.2 Å². The summed E-state index contributed by atoms with van der Waals surface area (Å²) in [6.07, 6.45) is -0.0259. The molecule has 0 radical (unpaired) electrons. The van der Waals surface area contributed by atoms with Crippen LogP contribution >= 0.6 is 10.7 Å². The SMILES string of the molecule is CC(C)C(c1ccccc1)N1CC(S(=O)(=O)Cl)CC1=O. The molecule has 0 aromatic heterocycles. The number of nitrogens with zero attached hydrogens (tertiary/aromatic N) is 1. The van der Waals surface area contributed by atoms with Gasteiger partial charge in [0, 0.05) is 23.6 Å². The molecule has 2 rings (SSSR count). The number of hydrogen-bond acceptors (Lipinski definition) is 3. The van der Waals surface area contributed by atoms with E-state index in [4.69, 9.17) is 10.7 Å². The lowest BCUT2D eigenvalue weighted by Gasteiger charge is -2.31. The summed E-state index contributed by atoms with van der Waals surface area (Å²) >= 11 is 0. The van der Waals surface area contributed by atoms with E-state index in [9.17, 15) is 13.2 Å². The Kier molecular flexibility index (Phi) is 4.39. The first-order valence-corrected chi connectivity index (χ1v) is 8.96. The van der Waals surface area contributed by atoms with Gasteiger partial charge in [0.05, 0.1) is 6.04 Å². The number of amides is 1. The second kappa shape index (κ2) is 5.74. The van der Waals surface area contributed by atoms with Gasteiger partial charge in [0.1, 0.15) is 5.25 Å². The smallest absolute Gasteiger partial charge is 0.237 e. The zero-order valence-corrected chi connectivity index (χ0v) is 13.1. The third kappa shape index (κ3) is 3.15. The van der Waals surface area contributed by atoms with Gasteiger partial charge < -0.3 is 4.90 Å². The molecular formula is C14H18ClNO3S. The minimum Gasteiger partial charge on any atom is -0.334 e. The molecule has 0 spiro atoms. The average Bonchev–Trinajstić information content (AvgIpc) is 2.73. The molecule has 2 unspecified atom stereocenters. The van der Waals surface area contributed by atoms with Crippen LogP contribution in [0.2, 0.25) is 0 Å². The van der Waals surface area contributed by atoms with Crippen LogP contribution < -0.4 is 0 Å². The number of halogens is 1. The van der Waals surface area contributed by atoms with Crippen LogP contribution in [0.25, 0.3) is 0 Å². The predicted octanol–water partition coefficient (Wildman–Crippen LogP) is 2.55. The molecule has 6 heteroatoms. The number of rotatable bonds is 4. The normalized spacial score (nSPS) is 21.5. The summed E-state index contributed by atoms with van der Waals surface area (Å²) in [6.45, 7) is 4.21. The van der Waals surface area contributed by atoms with E-state index < -0.39 is 14.3 Å². The highest BCUT2D eigenvalue weighted by Gasteiger charge is 2.41. The Labute approximate surface area is 124 Å². The second-order valence-corrected chi connectivity index (χ2v) is 8.36. The highest BCUT2D eigenvalue weighted by atomic mass is 35.7. The van der Waals surface area contributed by atoms with Gasteiger partial charge in [-0.2, -0.15) is 0 Å². The Hall–Kier alpha value is -1.07. The van der Waals surface area contributed by atoms with Crippen LogP contribution in [-0.4, -0.2) is 31.0 Å². The van der Waals surface area contributed by atoms with E-state index in [1.54, 1.807) is 4.90 Å². The Balaban J connectivity index is 2.30. The van der Waals surface area contributed by atoms with E-state index >= 15 is 0 Å². The van der Waals surface area contributed by atoms with Gasteiger partial charge in [0.2, 0.25) is 15.0 Å². The number of likely N-dealkylation sites (tertiary alicyclic amines) is 1. The van der Waals surface area contributed by atoms with Crippen molar-refractivity contribution in [3.05, 3.63) is 35.9 Å². The second-order valence-electron chi connectivity index (χ2n) is 5.45. The van der Waals surface area contributed by atoms with Crippen LogP contribution in [0.5, 0.6) is 0 Å². The monoisotopic (exact) mass is 315 g/mol. The molecule has 1 saturated heterocycles. The van der Waals surface area contributed by atoms with Gasteiger partial charge in [0.15, 0.2) is 0 Å². The average molecular weight is 316 g/mol. The predicted molar refractivity (Wildman–Crippen MR) is 78.9 cm³/mol. The third-order valence-corrected chi connectivity index (χ3v) is 5.50. The van der Waals surface area contributed by atoms with E-state index in [2.05, 4.69) is 0 Å². The summed E-state index contributed by atoms with van der Waals surface area (Å²) in [5.41, 5.74) is 1.02. The quantitative estimate of drug-likeness (QED) is 0.802. The van der Waals surface area contributed by atoms with Crippen molar-refractivity contribution in [1.82, 2.24) is 4.90 Å². The minimum absolute atomic E-state index is 0.0259. The standard InChI is InChI=1S/C14H18ClNO3S/c1-10(2)14(11-6-4-3-5-7-11)16-9-12(8-13(16)17)20(15,18)19/h3-7,10,12,14H,8-9H2,1-2H3. The van der Waals surface area contributed by atoms with E-state index in [1.165, 1.54) is 0 Å². The van der Waals surface area contributed by atoms with Gasteiger partial charge >= 0.3 is 0 Å². The van der Waals surface area contributed by atoms with Crippen molar-refractivity contribution in [2.24, 2.45) is 5.92 Å². The molecule has 1 amide bonds. The molecule has 2 atom stereocenters. The van der Waals surface area contributed by atoms with E-state index in [-0.39, 0.29) is 30.8 Å². The van der Waals surface area contributed by atoms with Crippen molar-refractivity contribution in [1.29, 1.82) is 0 Å². The van der Waals surface area contributed by atoms with Crippen LogP contribution in [0, 0.1) is 5.92 Å². The first kappa shape index (κ1) is 15.3. The van der Waals surface area contributed by atoms with Crippen LogP contribution in [-0.2, 0) is 13.8 Å². The van der Waals surface area contributed by atoms with Crippen molar-refractivity contribution in [3.8, 4) is 0 Å². The topological polar surface area (TPSA) is 54.5 Å². The minimum atomic E-state index is -3.70. The molecule has 0 bridgehead atoms. The molecule has 20 heavy (non-hydrogen) atoms. The third-order valence-electron chi connectivity index (χ3n) is 3.63. The van der Waals surface area contributed by atoms with Gasteiger partial charge in [-0.15, -0.1) is 0 Å². The number of carbonyl (C=O) groups excluding carboxylic acids is 1. The maximum Gasteiger partial charge on any atom is 0.237 e. The number of hydrogen-bond donors (Lipinski definition) is 0. The summed E-state index contributed by atoms with van der Waals surface area (Å²) in [4.78, 5) is 13.8. The summed E-state index contributed by atoms with van der Waals surface area (Å²) in [5.74, 6) is 0.0416. The van der Waals surface area contributed by atoms with Crippen molar-refractivity contribution in [2.45, 2.75) is 31.6 Å². The summed E-state index contributed by atoms with van der Waals surface area (Å²) in [6, 6.07) is 9.55. The van der Waals surface area contributed by atoms with Crippen LogP contribution in [0.4, 0.5) is 0 Å². The maximum absolute atomic E-state index is 12.2. The Bertz CT molecular complexity index is 586. The Morgan fingerprint density at radius 1 is 1.25 bits per heavy atom. The van der Waals surface area contributed by atoms with Crippen LogP contribution in [0.15, 0.2) is 30.3 Å². The largest absolute Gasteiger partial charge is 0.334 e. The van der Waals surface area contributed by atoms with Gasteiger partial charge in [-0.3, -0.25) is 4.79 Å². The van der Waals surface area contributed by atoms with E-state index in [0.717, 1.165) is 5.56 Å². The molecular weight excluding hydrogens is 298 g/mol. The summed E-state index contributed by atoms with van der Waals surface area (Å²) in [7, 11) is 1.69. The zero-order chi connectivity index (χ0) is 14.9. The van der Waals surface area contributed by atoms with Crippen molar-refractivity contribution in [3.63, 3.8) is 0 Å². The van der Waals surface area contributed by atoms with Gasteiger partial charge in [-0.05, 0) is 11.5 Å². The molecule has 1 heterocycles. The van der Waals surface area contributed by atoms with Gasteiger partial charge in [0.25, 0.3) is 0 Å². The molecule has 0 aliphatic carbocycles. The van der Waals surface area contributed by atoms with Gasteiger partial charge in [-0.25, -0.2) is 8.42 Å². The number of benzene rings is 1. The van der Waals surface area contributed by atoms with E-state index in [1.807, 2.05) is 44.2 Å². The molecule has 1 aromatic rings. The maximum atomic E-state index is 12.2.